The van der Waals surface area contributed by atoms with Crippen molar-refractivity contribution in [1.29, 1.82) is 0 Å². The number of rotatable bonds is 5. The minimum Gasteiger partial charge on any atom is -0.497 e. The van der Waals surface area contributed by atoms with E-state index in [2.05, 4.69) is 10.6 Å². The molecule has 1 unspecified atom stereocenters. The molecule has 0 spiro atoms. The predicted molar refractivity (Wildman–Crippen MR) is 132 cm³/mol. The molecule has 1 aliphatic rings. The van der Waals surface area contributed by atoms with E-state index in [0.717, 1.165) is 23.3 Å². The first kappa shape index (κ1) is 25.5. The number of hydrogen-bond acceptors (Lipinski definition) is 5. The minimum atomic E-state index is -0.887. The van der Waals surface area contributed by atoms with Gasteiger partial charge in [-0.05, 0) is 75.9 Å². The Bertz CT molecular complexity index is 1060. The highest BCUT2D eigenvalue weighted by molar-refractivity contribution is 7.20. The molecule has 1 saturated heterocycles. The van der Waals surface area contributed by atoms with Crippen LogP contribution in [0.3, 0.4) is 0 Å². The van der Waals surface area contributed by atoms with Crippen molar-refractivity contribution in [2.75, 3.05) is 25.5 Å². The van der Waals surface area contributed by atoms with Crippen LogP contribution < -0.4 is 21.1 Å². The normalized spacial score (nSPS) is 20.8. The van der Waals surface area contributed by atoms with Crippen molar-refractivity contribution in [2.24, 2.45) is 5.73 Å². The van der Waals surface area contributed by atoms with Gasteiger partial charge in [-0.3, -0.25) is 10.1 Å². The number of hydrogen-bond donors (Lipinski definition) is 4. The summed E-state index contributed by atoms with van der Waals surface area (Å²) in [6, 6.07) is 8.00. The highest BCUT2D eigenvalue weighted by Gasteiger charge is 2.50. The number of benzene rings is 1. The first-order valence-electron chi connectivity index (χ1n) is 11.2. The van der Waals surface area contributed by atoms with Gasteiger partial charge in [-0.25, -0.2) is 9.28 Å². The van der Waals surface area contributed by atoms with Crippen LogP contribution in [0.2, 0.25) is 0 Å². The number of carboxylic acid groups (broad SMARTS) is 1. The van der Waals surface area contributed by atoms with E-state index in [1.54, 1.807) is 13.2 Å². The number of ether oxygens (including phenoxy) is 1. The third kappa shape index (κ3) is 5.34. The van der Waals surface area contributed by atoms with Gasteiger partial charge < -0.3 is 20.9 Å². The molecule has 10 heteroatoms. The van der Waals surface area contributed by atoms with E-state index in [9.17, 15) is 19.5 Å². The Hall–Kier alpha value is -3.11. The quantitative estimate of drug-likeness (QED) is 0.460. The van der Waals surface area contributed by atoms with Gasteiger partial charge in [0.1, 0.15) is 22.8 Å². The molecule has 2 aromatic rings. The number of primary amides is 1. The molecule has 0 bridgehead atoms. The molecular formula is C24H33N4O5S+. The molecule has 3 rings (SSSR count). The van der Waals surface area contributed by atoms with Crippen LogP contribution in [0, 0.1) is 0 Å². The molecule has 4 amide bonds. The van der Waals surface area contributed by atoms with Crippen LogP contribution in [0.4, 0.5) is 14.6 Å². The molecule has 1 fully saturated rings. The van der Waals surface area contributed by atoms with Crippen molar-refractivity contribution in [3.05, 3.63) is 35.9 Å². The van der Waals surface area contributed by atoms with Crippen LogP contribution in [0.25, 0.3) is 10.4 Å². The lowest BCUT2D eigenvalue weighted by Crippen LogP contribution is -2.66. The van der Waals surface area contributed by atoms with E-state index in [0.29, 0.717) is 35.8 Å². The molecule has 9 nitrogen and oxygen atoms in total. The number of urea groups is 1. The van der Waals surface area contributed by atoms with Gasteiger partial charge >= 0.3 is 12.1 Å². The summed E-state index contributed by atoms with van der Waals surface area (Å²) in [4.78, 5) is 38.0. The topological polar surface area (TPSA) is 131 Å². The summed E-state index contributed by atoms with van der Waals surface area (Å²) in [5, 5.41) is 16.0. The van der Waals surface area contributed by atoms with E-state index in [-0.39, 0.29) is 16.4 Å². The number of carbonyl (C=O) groups excluding carboxylic acids is 2. The summed E-state index contributed by atoms with van der Waals surface area (Å²) >= 11 is 1.25. The van der Waals surface area contributed by atoms with Gasteiger partial charge in [0.05, 0.1) is 25.3 Å². The molecule has 0 aliphatic carbocycles. The van der Waals surface area contributed by atoms with Gasteiger partial charge in [0.25, 0.3) is 5.91 Å². The molecule has 1 aromatic heterocycles. The second kappa shape index (κ2) is 10.0. The third-order valence-corrected chi connectivity index (χ3v) is 7.55. The van der Waals surface area contributed by atoms with Crippen LogP contribution >= 0.6 is 11.3 Å². The van der Waals surface area contributed by atoms with E-state index in [4.69, 9.17) is 10.5 Å². The first-order valence-corrected chi connectivity index (χ1v) is 12.0. The standard InChI is InChI=1S/C24H32N4O5S/c1-24(2,3)28(23(31)32)12-6-5-7-16(14-28)26-20(29)18-13-19(34-21(18)27-22(25)30)15-8-10-17(33-4)11-9-15/h8-11,13,16H,5-7,12,14H2,1-4H3,(H4-,25,26,27,29,30,31,32)/p+1/t16-,28?/m0/s1. The molecule has 2 atom stereocenters. The maximum atomic E-state index is 13.3. The van der Waals surface area contributed by atoms with Crippen molar-refractivity contribution in [3.63, 3.8) is 0 Å². The fourth-order valence-corrected chi connectivity index (χ4v) is 5.51. The molecule has 2 heterocycles. The molecular weight excluding hydrogens is 456 g/mol. The lowest BCUT2D eigenvalue weighted by Gasteiger charge is -2.44. The number of carbonyl (C=O) groups is 3. The third-order valence-electron chi connectivity index (χ3n) is 6.45. The Kier molecular flexibility index (Phi) is 7.52. The van der Waals surface area contributed by atoms with Crippen molar-refractivity contribution >= 4 is 34.4 Å². The van der Waals surface area contributed by atoms with Crippen molar-refractivity contribution in [2.45, 2.75) is 51.6 Å². The second-order valence-corrected chi connectivity index (χ2v) is 10.6. The smallest absolute Gasteiger partial charge is 0.497 e. The fourth-order valence-electron chi connectivity index (χ4n) is 4.44. The number of thiophene rings is 1. The molecule has 184 valence electrons. The van der Waals surface area contributed by atoms with Crippen molar-refractivity contribution in [1.82, 2.24) is 5.32 Å². The Morgan fingerprint density at radius 2 is 1.85 bits per heavy atom. The molecule has 1 aromatic carbocycles. The lowest BCUT2D eigenvalue weighted by molar-refractivity contribution is -0.903. The number of likely N-dealkylation sites (tertiary alicyclic amines) is 1. The van der Waals surface area contributed by atoms with Gasteiger partial charge in [0.15, 0.2) is 0 Å². The van der Waals surface area contributed by atoms with Gasteiger partial charge in [0.2, 0.25) is 0 Å². The minimum absolute atomic E-state index is 0.120. The molecule has 5 N–H and O–H groups in total. The lowest BCUT2D eigenvalue weighted by atomic mass is 10.0. The highest BCUT2D eigenvalue weighted by Crippen LogP contribution is 2.37. The Balaban J connectivity index is 1.89. The SMILES string of the molecule is COc1ccc(-c2cc(C(=O)N[C@H]3CCCC[N+](C(=O)O)(C(C)(C)C)C3)c(NC(N)=O)s2)cc1. The monoisotopic (exact) mass is 489 g/mol. The summed E-state index contributed by atoms with van der Waals surface area (Å²) in [7, 11) is 1.59. The number of anilines is 1. The molecule has 34 heavy (non-hydrogen) atoms. The van der Waals surface area contributed by atoms with E-state index in [1.807, 2.05) is 45.0 Å². The van der Waals surface area contributed by atoms with Crippen LogP contribution in [-0.2, 0) is 0 Å². The van der Waals surface area contributed by atoms with Gasteiger partial charge in [0, 0.05) is 4.88 Å². The zero-order valence-electron chi connectivity index (χ0n) is 20.0. The second-order valence-electron chi connectivity index (χ2n) is 9.56. The van der Waals surface area contributed by atoms with Gasteiger partial charge in [-0.1, -0.05) is 0 Å². The summed E-state index contributed by atoms with van der Waals surface area (Å²) in [6.07, 6.45) is 1.39. The molecule has 1 aliphatic heterocycles. The van der Waals surface area contributed by atoms with E-state index >= 15 is 0 Å². The average molecular weight is 490 g/mol. The molecule has 0 saturated carbocycles. The Morgan fingerprint density at radius 1 is 1.18 bits per heavy atom. The number of nitrogens with one attached hydrogen (secondary N) is 2. The van der Waals surface area contributed by atoms with E-state index < -0.39 is 17.7 Å². The van der Waals surface area contributed by atoms with Crippen LogP contribution in [0.15, 0.2) is 30.3 Å². The maximum absolute atomic E-state index is 13.3. The maximum Gasteiger partial charge on any atom is 0.514 e. The van der Waals surface area contributed by atoms with Crippen LogP contribution in [-0.4, -0.2) is 59.4 Å². The zero-order valence-corrected chi connectivity index (χ0v) is 20.8. The summed E-state index contributed by atoms with van der Waals surface area (Å²) in [6.45, 7) is 6.55. The first-order chi connectivity index (χ1) is 16.0. The van der Waals surface area contributed by atoms with E-state index in [1.165, 1.54) is 11.3 Å². The summed E-state index contributed by atoms with van der Waals surface area (Å²) in [5.74, 6) is 0.338. The number of nitrogens with two attached hydrogens (primary N) is 1. The van der Waals surface area contributed by atoms with Gasteiger partial charge in [-0.2, -0.15) is 4.79 Å². The fraction of sp³-hybridized carbons (Fsp3) is 0.458. The van der Waals surface area contributed by atoms with Gasteiger partial charge in [-0.15, -0.1) is 11.3 Å². The van der Waals surface area contributed by atoms with Crippen LogP contribution in [0.1, 0.15) is 50.4 Å². The predicted octanol–water partition coefficient (Wildman–Crippen LogP) is 4.49. The average Bonchev–Trinajstić information content (AvgIpc) is 3.04. The number of nitrogens with zero attached hydrogens (tertiary/aromatic N) is 1. The summed E-state index contributed by atoms with van der Waals surface area (Å²) < 4.78 is 5.08. The highest BCUT2D eigenvalue weighted by atomic mass is 32.1. The van der Waals surface area contributed by atoms with Crippen molar-refractivity contribution < 1.29 is 28.7 Å². The number of amides is 4. The Labute approximate surface area is 203 Å². The number of quaternary nitrogens is 1. The Morgan fingerprint density at radius 3 is 2.41 bits per heavy atom. The summed E-state index contributed by atoms with van der Waals surface area (Å²) in [5.41, 5.74) is 5.97. The zero-order chi connectivity index (χ0) is 25.1. The number of methoxy groups -OCH3 is 1. The largest absolute Gasteiger partial charge is 0.514 e. The molecule has 0 radical (unpaired) electrons. The van der Waals surface area contributed by atoms with Crippen molar-refractivity contribution in [3.8, 4) is 16.2 Å². The van der Waals surface area contributed by atoms with Crippen LogP contribution in [0.5, 0.6) is 5.75 Å².